The van der Waals surface area contributed by atoms with Gasteiger partial charge in [0.2, 0.25) is 5.91 Å². The minimum Gasteiger partial charge on any atom is -0.334 e. The van der Waals surface area contributed by atoms with Crippen LogP contribution in [0.5, 0.6) is 0 Å². The van der Waals surface area contributed by atoms with Crippen molar-refractivity contribution in [3.63, 3.8) is 0 Å². The Morgan fingerprint density at radius 3 is 2.64 bits per heavy atom. The average molecular weight is 348 g/mol. The first-order valence-electron chi connectivity index (χ1n) is 7.15. The molecule has 122 valence electrons. The first kappa shape index (κ1) is 17.2. The van der Waals surface area contributed by atoms with Crippen LogP contribution in [-0.4, -0.2) is 36.8 Å². The molecule has 1 atom stereocenters. The van der Waals surface area contributed by atoms with Crippen molar-refractivity contribution in [2.45, 2.75) is 32.9 Å². The molecule has 2 rings (SSSR count). The van der Waals surface area contributed by atoms with E-state index < -0.39 is 21.7 Å². The van der Waals surface area contributed by atoms with Gasteiger partial charge < -0.3 is 4.90 Å². The van der Waals surface area contributed by atoms with Crippen molar-refractivity contribution in [2.24, 2.45) is 5.92 Å². The molecule has 0 aliphatic carbocycles. The smallest absolute Gasteiger partial charge is 0.225 e. The Bertz CT molecular complexity index is 655. The lowest BCUT2D eigenvalue weighted by Gasteiger charge is -2.30. The monoisotopic (exact) mass is 347 g/mol. The van der Waals surface area contributed by atoms with E-state index in [-0.39, 0.29) is 40.5 Å². The molecule has 1 aromatic carbocycles. The summed E-state index contributed by atoms with van der Waals surface area (Å²) in [5.41, 5.74) is 0.225. The van der Waals surface area contributed by atoms with Crippen molar-refractivity contribution in [1.82, 2.24) is 4.90 Å². The van der Waals surface area contributed by atoms with Crippen molar-refractivity contribution in [3.8, 4) is 0 Å². The molecule has 0 bridgehead atoms. The second kappa shape index (κ2) is 6.54. The molecule has 1 heterocycles. The first-order chi connectivity index (χ1) is 10.2. The van der Waals surface area contributed by atoms with E-state index in [0.29, 0.717) is 6.42 Å². The van der Waals surface area contributed by atoms with Crippen LogP contribution < -0.4 is 0 Å². The van der Waals surface area contributed by atoms with Gasteiger partial charge in [0, 0.05) is 22.5 Å². The summed E-state index contributed by atoms with van der Waals surface area (Å²) < 4.78 is 37.3. The van der Waals surface area contributed by atoms with E-state index in [4.69, 9.17) is 11.6 Å². The minimum atomic E-state index is -3.13. The molecular formula is C15H19ClFNO3S. The number of halogens is 2. The average Bonchev–Trinajstić information content (AvgIpc) is 2.78. The van der Waals surface area contributed by atoms with E-state index in [9.17, 15) is 17.6 Å². The van der Waals surface area contributed by atoms with E-state index in [1.54, 1.807) is 19.9 Å². The maximum absolute atomic E-state index is 14.0. The summed E-state index contributed by atoms with van der Waals surface area (Å²) in [6.07, 6.45) is 0.382. The third-order valence-corrected chi connectivity index (χ3v) is 5.92. The van der Waals surface area contributed by atoms with Gasteiger partial charge >= 0.3 is 0 Å². The van der Waals surface area contributed by atoms with E-state index in [2.05, 4.69) is 0 Å². The molecule has 0 spiro atoms. The zero-order valence-electron chi connectivity index (χ0n) is 12.6. The molecule has 1 aliphatic rings. The molecule has 0 aromatic heterocycles. The van der Waals surface area contributed by atoms with E-state index >= 15 is 0 Å². The summed E-state index contributed by atoms with van der Waals surface area (Å²) in [5, 5.41) is 0.238. The van der Waals surface area contributed by atoms with Gasteiger partial charge in [-0.05, 0) is 18.6 Å². The van der Waals surface area contributed by atoms with Crippen LogP contribution in [0.1, 0.15) is 25.8 Å². The zero-order valence-corrected chi connectivity index (χ0v) is 14.1. The van der Waals surface area contributed by atoms with Crippen LogP contribution in [0.15, 0.2) is 18.2 Å². The molecular weight excluding hydrogens is 329 g/mol. The number of nitrogens with zero attached hydrogens (tertiary/aromatic N) is 1. The Kier molecular flexibility index (Phi) is 5.12. The summed E-state index contributed by atoms with van der Waals surface area (Å²) in [6, 6.07) is 3.92. The highest BCUT2D eigenvalue weighted by Gasteiger charge is 2.35. The predicted molar refractivity (Wildman–Crippen MR) is 83.9 cm³/mol. The molecule has 1 aliphatic heterocycles. The second-order valence-corrected chi connectivity index (χ2v) is 8.51. The largest absolute Gasteiger partial charge is 0.334 e. The highest BCUT2D eigenvalue weighted by atomic mass is 35.5. The van der Waals surface area contributed by atoms with E-state index in [0.717, 1.165) is 0 Å². The topological polar surface area (TPSA) is 54.5 Å². The maximum atomic E-state index is 14.0. The summed E-state index contributed by atoms with van der Waals surface area (Å²) >= 11 is 6.02. The quantitative estimate of drug-likeness (QED) is 0.841. The van der Waals surface area contributed by atoms with Crippen LogP contribution in [0, 0.1) is 11.7 Å². The molecule has 4 nitrogen and oxygen atoms in total. The number of benzene rings is 1. The third kappa shape index (κ3) is 3.79. The fraction of sp³-hybridized carbons (Fsp3) is 0.533. The Balaban J connectivity index is 2.32. The number of sulfone groups is 1. The Labute approximate surface area is 135 Å². The number of carbonyl (C=O) groups is 1. The van der Waals surface area contributed by atoms with Crippen LogP contribution in [0.4, 0.5) is 4.39 Å². The molecule has 0 saturated carbocycles. The van der Waals surface area contributed by atoms with E-state index in [1.807, 2.05) is 0 Å². The van der Waals surface area contributed by atoms with Gasteiger partial charge in [-0.15, -0.1) is 0 Å². The number of amides is 1. The fourth-order valence-electron chi connectivity index (χ4n) is 2.59. The van der Waals surface area contributed by atoms with Crippen molar-refractivity contribution >= 4 is 27.3 Å². The van der Waals surface area contributed by atoms with Gasteiger partial charge in [0.15, 0.2) is 9.84 Å². The summed E-state index contributed by atoms with van der Waals surface area (Å²) in [7, 11) is -3.13. The zero-order chi connectivity index (χ0) is 16.5. The number of hydrogen-bond donors (Lipinski definition) is 0. The van der Waals surface area contributed by atoms with Crippen molar-refractivity contribution < 1.29 is 17.6 Å². The van der Waals surface area contributed by atoms with Gasteiger partial charge in [0.25, 0.3) is 0 Å². The number of carbonyl (C=O) groups excluding carboxylic acids is 1. The lowest BCUT2D eigenvalue weighted by Crippen LogP contribution is -2.43. The van der Waals surface area contributed by atoms with Crippen LogP contribution in [0.2, 0.25) is 5.02 Å². The fourth-order valence-corrected chi connectivity index (χ4v) is 4.55. The normalized spacial score (nSPS) is 20.3. The predicted octanol–water partition coefficient (Wildman–Crippen LogP) is 2.65. The van der Waals surface area contributed by atoms with Crippen molar-refractivity contribution in [3.05, 3.63) is 34.6 Å². The molecule has 0 radical (unpaired) electrons. The molecule has 7 heteroatoms. The third-order valence-electron chi connectivity index (χ3n) is 3.82. The number of rotatable bonds is 4. The lowest BCUT2D eigenvalue weighted by atomic mass is 10.1. The standard InChI is InChI=1S/C15H19ClFNO3S/c1-10(2)15(19)18(11-6-7-22(20,21)9-11)8-12-13(16)4-3-5-14(12)17/h3-5,10-11H,6-9H2,1-2H3/t11-/m1/s1. The van der Waals surface area contributed by atoms with Gasteiger partial charge in [-0.25, -0.2) is 12.8 Å². The lowest BCUT2D eigenvalue weighted by molar-refractivity contribution is -0.137. The molecule has 0 N–H and O–H groups in total. The summed E-state index contributed by atoms with van der Waals surface area (Å²) in [4.78, 5) is 13.9. The van der Waals surface area contributed by atoms with Gasteiger partial charge in [0.05, 0.1) is 18.1 Å². The second-order valence-electron chi connectivity index (χ2n) is 5.88. The summed E-state index contributed by atoms with van der Waals surface area (Å²) in [6.45, 7) is 3.46. The van der Waals surface area contributed by atoms with Gasteiger partial charge in [-0.2, -0.15) is 0 Å². The van der Waals surface area contributed by atoms with Crippen LogP contribution in [0.25, 0.3) is 0 Å². The van der Waals surface area contributed by atoms with E-state index in [1.165, 1.54) is 17.0 Å². The summed E-state index contributed by atoms with van der Waals surface area (Å²) in [5.74, 6) is -0.993. The van der Waals surface area contributed by atoms with Crippen LogP contribution in [-0.2, 0) is 21.2 Å². The number of hydrogen-bond acceptors (Lipinski definition) is 3. The van der Waals surface area contributed by atoms with Crippen molar-refractivity contribution in [1.29, 1.82) is 0 Å². The molecule has 1 aromatic rings. The maximum Gasteiger partial charge on any atom is 0.225 e. The molecule has 0 unspecified atom stereocenters. The molecule has 1 fully saturated rings. The Morgan fingerprint density at radius 1 is 1.45 bits per heavy atom. The van der Waals surface area contributed by atoms with Crippen LogP contribution >= 0.6 is 11.6 Å². The first-order valence-corrected chi connectivity index (χ1v) is 9.35. The molecule has 1 saturated heterocycles. The molecule has 22 heavy (non-hydrogen) atoms. The highest BCUT2D eigenvalue weighted by Crippen LogP contribution is 2.26. The van der Waals surface area contributed by atoms with Gasteiger partial charge in [-0.1, -0.05) is 31.5 Å². The van der Waals surface area contributed by atoms with Gasteiger partial charge in [0.1, 0.15) is 5.82 Å². The molecule has 1 amide bonds. The SMILES string of the molecule is CC(C)C(=O)N(Cc1c(F)cccc1Cl)[C@@H]1CCS(=O)(=O)C1. The van der Waals surface area contributed by atoms with Crippen LogP contribution in [0.3, 0.4) is 0 Å². The highest BCUT2D eigenvalue weighted by molar-refractivity contribution is 7.91. The minimum absolute atomic E-state index is 0.0112. The van der Waals surface area contributed by atoms with Crippen molar-refractivity contribution in [2.75, 3.05) is 11.5 Å². The Hall–Kier alpha value is -1.14. The Morgan fingerprint density at radius 2 is 2.14 bits per heavy atom. The van der Waals surface area contributed by atoms with Gasteiger partial charge in [-0.3, -0.25) is 4.79 Å².